The lowest BCUT2D eigenvalue weighted by Crippen LogP contribution is -2.46. The monoisotopic (exact) mass is 407 g/mol. The molecule has 1 fully saturated rings. The van der Waals surface area contributed by atoms with Gasteiger partial charge in [0.1, 0.15) is 5.82 Å². The van der Waals surface area contributed by atoms with Crippen LogP contribution in [0.15, 0.2) is 18.2 Å². The van der Waals surface area contributed by atoms with Crippen molar-refractivity contribution in [1.29, 1.82) is 0 Å². The van der Waals surface area contributed by atoms with Crippen LogP contribution in [-0.4, -0.2) is 36.7 Å². The molecule has 21 heavy (non-hydrogen) atoms. The van der Waals surface area contributed by atoms with E-state index in [9.17, 15) is 19.1 Å². The summed E-state index contributed by atoms with van der Waals surface area (Å²) in [5, 5.41) is 12.1. The largest absolute Gasteiger partial charge is 0.481 e. The number of amides is 1. The summed E-state index contributed by atoms with van der Waals surface area (Å²) in [6, 6.07) is 3.86. The zero-order chi connectivity index (χ0) is 15.5. The second kappa shape index (κ2) is 6.69. The fourth-order valence-corrected chi connectivity index (χ4v) is 2.97. The van der Waals surface area contributed by atoms with Crippen LogP contribution in [0, 0.1) is 14.8 Å². The Kier molecular flexibility index (Phi) is 5.15. The molecule has 2 rings (SSSR count). The van der Waals surface area contributed by atoms with E-state index in [1.165, 1.54) is 18.2 Å². The highest BCUT2D eigenvalue weighted by molar-refractivity contribution is 14.1. The third kappa shape index (κ3) is 3.70. The Labute approximate surface area is 135 Å². The van der Waals surface area contributed by atoms with Gasteiger partial charge in [-0.25, -0.2) is 4.39 Å². The molecular formula is C14H15FINO4. The van der Waals surface area contributed by atoms with E-state index in [4.69, 9.17) is 4.74 Å². The number of hydrogen-bond acceptors (Lipinski definition) is 3. The van der Waals surface area contributed by atoms with Crippen LogP contribution in [0.25, 0.3) is 0 Å². The second-order valence-corrected chi connectivity index (χ2v) is 6.17. The van der Waals surface area contributed by atoms with E-state index < -0.39 is 23.1 Å². The van der Waals surface area contributed by atoms with E-state index in [1.54, 1.807) is 0 Å². The van der Waals surface area contributed by atoms with Gasteiger partial charge in [0, 0.05) is 23.3 Å². The van der Waals surface area contributed by atoms with Crippen LogP contribution in [0.2, 0.25) is 0 Å². The van der Waals surface area contributed by atoms with Crippen LogP contribution in [0.3, 0.4) is 0 Å². The maximum atomic E-state index is 13.0. The fraction of sp³-hybridized carbons (Fsp3) is 0.429. The topological polar surface area (TPSA) is 75.6 Å². The number of aliphatic carboxylic acids is 1. The highest BCUT2D eigenvalue weighted by Crippen LogP contribution is 2.30. The van der Waals surface area contributed by atoms with Gasteiger partial charge in [0.05, 0.1) is 11.0 Å². The number of hydrogen-bond donors (Lipinski definition) is 2. The van der Waals surface area contributed by atoms with Crippen LogP contribution in [0.5, 0.6) is 0 Å². The first-order chi connectivity index (χ1) is 9.94. The average Bonchev–Trinajstić information content (AvgIpc) is 2.45. The molecule has 0 saturated carbocycles. The molecular weight excluding hydrogens is 392 g/mol. The summed E-state index contributed by atoms with van der Waals surface area (Å²) >= 11 is 1.88. The van der Waals surface area contributed by atoms with E-state index in [2.05, 4.69) is 5.32 Å². The van der Waals surface area contributed by atoms with Crippen LogP contribution in [-0.2, 0) is 9.53 Å². The van der Waals surface area contributed by atoms with Crippen molar-refractivity contribution in [1.82, 2.24) is 5.32 Å². The first-order valence-corrected chi connectivity index (χ1v) is 7.57. The summed E-state index contributed by atoms with van der Waals surface area (Å²) in [5.74, 6) is -1.74. The van der Waals surface area contributed by atoms with Crippen molar-refractivity contribution < 1.29 is 23.8 Å². The molecule has 1 aliphatic rings. The van der Waals surface area contributed by atoms with E-state index in [0.29, 0.717) is 35.2 Å². The number of benzene rings is 1. The first kappa shape index (κ1) is 16.2. The molecule has 0 atom stereocenters. The smallest absolute Gasteiger partial charge is 0.311 e. The lowest BCUT2D eigenvalue weighted by molar-refractivity contribution is -0.154. The van der Waals surface area contributed by atoms with Crippen LogP contribution in [0.4, 0.5) is 4.39 Å². The molecule has 7 heteroatoms. The minimum Gasteiger partial charge on any atom is -0.481 e. The van der Waals surface area contributed by atoms with E-state index in [1.807, 2.05) is 22.6 Å². The van der Waals surface area contributed by atoms with Gasteiger partial charge in [0.2, 0.25) is 0 Å². The predicted molar refractivity (Wildman–Crippen MR) is 81.6 cm³/mol. The molecule has 0 spiro atoms. The van der Waals surface area contributed by atoms with Crippen molar-refractivity contribution in [3.63, 3.8) is 0 Å². The number of halogens is 2. The second-order valence-electron chi connectivity index (χ2n) is 5.00. The highest BCUT2D eigenvalue weighted by Gasteiger charge is 2.40. The Morgan fingerprint density at radius 1 is 1.38 bits per heavy atom. The molecule has 1 heterocycles. The predicted octanol–water partition coefficient (Wildman–Crippen LogP) is 2.04. The van der Waals surface area contributed by atoms with Gasteiger partial charge in [-0.3, -0.25) is 9.59 Å². The maximum absolute atomic E-state index is 13.0. The van der Waals surface area contributed by atoms with Gasteiger partial charge in [-0.15, -0.1) is 0 Å². The summed E-state index contributed by atoms with van der Waals surface area (Å²) in [4.78, 5) is 23.6. The van der Waals surface area contributed by atoms with E-state index in [-0.39, 0.29) is 6.54 Å². The quantitative estimate of drug-likeness (QED) is 0.750. The Balaban J connectivity index is 2.07. The summed E-state index contributed by atoms with van der Waals surface area (Å²) in [7, 11) is 0. The van der Waals surface area contributed by atoms with E-state index in [0.717, 1.165) is 0 Å². The van der Waals surface area contributed by atoms with Gasteiger partial charge < -0.3 is 15.2 Å². The Morgan fingerprint density at radius 2 is 2.05 bits per heavy atom. The van der Waals surface area contributed by atoms with Crippen molar-refractivity contribution in [2.45, 2.75) is 12.8 Å². The van der Waals surface area contributed by atoms with Gasteiger partial charge in [-0.1, -0.05) is 0 Å². The standard InChI is InChI=1S/C14H15FINO4/c15-9-1-2-10(11(16)7-9)12(18)17-8-14(13(19)20)3-5-21-6-4-14/h1-2,7H,3-6,8H2,(H,17,18)(H,19,20). The van der Waals surface area contributed by atoms with Crippen LogP contribution >= 0.6 is 22.6 Å². The van der Waals surface area contributed by atoms with Crippen molar-refractivity contribution in [3.8, 4) is 0 Å². The molecule has 0 bridgehead atoms. The summed E-state index contributed by atoms with van der Waals surface area (Å²) in [5.41, 5.74) is -0.649. The SMILES string of the molecule is O=C(NCC1(C(=O)O)CCOCC1)c1ccc(F)cc1I. The van der Waals surface area contributed by atoms with Crippen molar-refractivity contribution in [2.24, 2.45) is 5.41 Å². The molecule has 1 aromatic rings. The number of carboxylic acids is 1. The molecule has 2 N–H and O–H groups in total. The third-order valence-electron chi connectivity index (χ3n) is 3.67. The van der Waals surface area contributed by atoms with Crippen LogP contribution < -0.4 is 5.32 Å². The van der Waals surface area contributed by atoms with Gasteiger partial charge in [-0.2, -0.15) is 0 Å². The number of ether oxygens (including phenoxy) is 1. The Bertz CT molecular complexity index is 558. The molecule has 0 unspecified atom stereocenters. The minimum absolute atomic E-state index is 0.0397. The molecule has 1 aromatic carbocycles. The van der Waals surface area contributed by atoms with Gasteiger partial charge in [-0.05, 0) is 53.6 Å². The summed E-state index contributed by atoms with van der Waals surface area (Å²) in [6.07, 6.45) is 0.728. The van der Waals surface area contributed by atoms with Gasteiger partial charge in [0.25, 0.3) is 5.91 Å². The lowest BCUT2D eigenvalue weighted by atomic mass is 9.80. The summed E-state index contributed by atoms with van der Waals surface area (Å²) in [6.45, 7) is 0.782. The van der Waals surface area contributed by atoms with Crippen molar-refractivity contribution in [2.75, 3.05) is 19.8 Å². The molecule has 0 aliphatic carbocycles. The van der Waals surface area contributed by atoms with E-state index >= 15 is 0 Å². The maximum Gasteiger partial charge on any atom is 0.311 e. The molecule has 5 nitrogen and oxygen atoms in total. The molecule has 1 saturated heterocycles. The van der Waals surface area contributed by atoms with Crippen molar-refractivity contribution >= 4 is 34.5 Å². The van der Waals surface area contributed by atoms with Crippen LogP contribution in [0.1, 0.15) is 23.2 Å². The van der Waals surface area contributed by atoms with Gasteiger partial charge >= 0.3 is 5.97 Å². The normalized spacial score (nSPS) is 17.2. The average molecular weight is 407 g/mol. The number of carbonyl (C=O) groups is 2. The third-order valence-corrected chi connectivity index (χ3v) is 4.56. The number of carbonyl (C=O) groups excluding carboxylic acids is 1. The molecule has 0 radical (unpaired) electrons. The molecule has 0 aromatic heterocycles. The number of carboxylic acid groups (broad SMARTS) is 1. The Hall–Kier alpha value is -1.22. The summed E-state index contributed by atoms with van der Waals surface area (Å²) < 4.78 is 18.7. The number of nitrogens with one attached hydrogen (secondary N) is 1. The first-order valence-electron chi connectivity index (χ1n) is 6.49. The number of rotatable bonds is 4. The zero-order valence-corrected chi connectivity index (χ0v) is 13.4. The molecule has 1 aliphatic heterocycles. The van der Waals surface area contributed by atoms with Gasteiger partial charge in [0.15, 0.2) is 0 Å². The molecule has 1 amide bonds. The molecule has 114 valence electrons. The highest BCUT2D eigenvalue weighted by atomic mass is 127. The Morgan fingerprint density at radius 3 is 2.62 bits per heavy atom. The fourth-order valence-electron chi connectivity index (χ4n) is 2.25. The lowest BCUT2D eigenvalue weighted by Gasteiger charge is -2.33. The van der Waals surface area contributed by atoms with Crippen molar-refractivity contribution in [3.05, 3.63) is 33.1 Å². The minimum atomic E-state index is -0.987. The zero-order valence-electron chi connectivity index (χ0n) is 11.2.